The van der Waals surface area contributed by atoms with E-state index in [1.165, 1.54) is 0 Å². The Kier molecular flexibility index (Phi) is 4.23. The molecule has 20 heavy (non-hydrogen) atoms. The van der Waals surface area contributed by atoms with Gasteiger partial charge in [-0.3, -0.25) is 0 Å². The third-order valence-electron chi connectivity index (χ3n) is 3.04. The van der Waals surface area contributed by atoms with Crippen molar-refractivity contribution in [1.82, 2.24) is 0 Å². The molecule has 2 aromatic rings. The molecule has 0 saturated carbocycles. The molecule has 0 spiro atoms. The summed E-state index contributed by atoms with van der Waals surface area (Å²) in [6, 6.07) is 5.94. The Labute approximate surface area is 138 Å². The number of hydrogen-bond donors (Lipinski definition) is 0. The Hall–Kier alpha value is -0.720. The van der Waals surface area contributed by atoms with Crippen molar-refractivity contribution in [2.45, 2.75) is 4.83 Å². The molecule has 0 radical (unpaired) electrons. The molecule has 106 valence electrons. The fraction of sp³-hybridized carbons (Fsp3) is 0.286. The van der Waals surface area contributed by atoms with Crippen LogP contribution < -0.4 is 14.2 Å². The van der Waals surface area contributed by atoms with Gasteiger partial charge in [0.2, 0.25) is 0 Å². The first-order chi connectivity index (χ1) is 9.70. The van der Waals surface area contributed by atoms with Crippen LogP contribution in [0.2, 0.25) is 0 Å². The van der Waals surface area contributed by atoms with Crippen molar-refractivity contribution in [2.24, 2.45) is 0 Å². The molecule has 3 rings (SSSR count). The summed E-state index contributed by atoms with van der Waals surface area (Å²) in [7, 11) is 1.68. The molecule has 1 unspecified atom stereocenters. The van der Waals surface area contributed by atoms with Crippen LogP contribution in [0.1, 0.15) is 15.3 Å². The van der Waals surface area contributed by atoms with E-state index in [-0.39, 0.29) is 4.83 Å². The molecule has 0 aliphatic carbocycles. The monoisotopic (exact) mass is 418 g/mol. The van der Waals surface area contributed by atoms with Crippen molar-refractivity contribution in [3.05, 3.63) is 38.5 Å². The third-order valence-corrected chi connectivity index (χ3v) is 5.95. The maximum Gasteiger partial charge on any atom is 0.162 e. The highest BCUT2D eigenvalue weighted by Crippen LogP contribution is 2.46. The van der Waals surface area contributed by atoms with Crippen LogP contribution in [0.25, 0.3) is 0 Å². The van der Waals surface area contributed by atoms with Gasteiger partial charge in [0.15, 0.2) is 11.5 Å². The molecule has 0 N–H and O–H groups in total. The van der Waals surface area contributed by atoms with Crippen LogP contribution in [0.15, 0.2) is 28.1 Å². The second-order valence-corrected chi connectivity index (χ2v) is 6.95. The molecule has 0 amide bonds. The Morgan fingerprint density at radius 3 is 2.65 bits per heavy atom. The SMILES string of the molecule is COc1ccsc1C(Br)c1cc2c(cc1Br)OCCO2. The summed E-state index contributed by atoms with van der Waals surface area (Å²) in [6.45, 7) is 1.18. The van der Waals surface area contributed by atoms with E-state index in [1.54, 1.807) is 18.4 Å². The van der Waals surface area contributed by atoms with E-state index in [4.69, 9.17) is 14.2 Å². The van der Waals surface area contributed by atoms with E-state index >= 15 is 0 Å². The molecule has 1 aromatic carbocycles. The van der Waals surface area contributed by atoms with Crippen molar-refractivity contribution in [2.75, 3.05) is 20.3 Å². The maximum absolute atomic E-state index is 5.65. The summed E-state index contributed by atoms with van der Waals surface area (Å²) in [4.78, 5) is 1.17. The minimum absolute atomic E-state index is 0.0441. The van der Waals surface area contributed by atoms with E-state index in [2.05, 4.69) is 31.9 Å². The molecule has 1 aliphatic rings. The van der Waals surface area contributed by atoms with Crippen LogP contribution in [0.4, 0.5) is 0 Å². The Bertz CT molecular complexity index is 627. The van der Waals surface area contributed by atoms with Gasteiger partial charge in [-0.1, -0.05) is 31.9 Å². The lowest BCUT2D eigenvalue weighted by Crippen LogP contribution is -2.15. The van der Waals surface area contributed by atoms with Gasteiger partial charge in [0.1, 0.15) is 19.0 Å². The van der Waals surface area contributed by atoms with Gasteiger partial charge in [0.05, 0.1) is 16.8 Å². The molecule has 1 aliphatic heterocycles. The lowest BCUT2D eigenvalue weighted by atomic mass is 10.1. The summed E-state index contributed by atoms with van der Waals surface area (Å²) in [5, 5.41) is 2.02. The van der Waals surface area contributed by atoms with Gasteiger partial charge >= 0.3 is 0 Å². The third kappa shape index (κ3) is 2.56. The molecule has 3 nitrogen and oxygen atoms in total. The van der Waals surface area contributed by atoms with Gasteiger partial charge in [-0.25, -0.2) is 0 Å². The van der Waals surface area contributed by atoms with Gasteiger partial charge in [0, 0.05) is 4.47 Å². The summed E-state index contributed by atoms with van der Waals surface area (Å²) in [5.41, 5.74) is 1.09. The lowest BCUT2D eigenvalue weighted by Gasteiger charge is -2.21. The Balaban J connectivity index is 2.01. The molecule has 1 aromatic heterocycles. The second-order valence-electron chi connectivity index (χ2n) is 4.23. The molecule has 6 heteroatoms. The molecule has 0 bridgehead atoms. The Morgan fingerprint density at radius 1 is 1.25 bits per heavy atom. The van der Waals surface area contributed by atoms with Crippen LogP contribution in [0.5, 0.6) is 17.2 Å². The van der Waals surface area contributed by atoms with Crippen LogP contribution in [-0.2, 0) is 0 Å². The number of benzene rings is 1. The standard InChI is InChI=1S/C14H12Br2O3S/c1-17-10-2-5-20-14(10)13(16)8-6-11-12(7-9(8)15)19-4-3-18-11/h2,5-7,13H,3-4H2,1H3. The lowest BCUT2D eigenvalue weighted by molar-refractivity contribution is 0.171. The topological polar surface area (TPSA) is 27.7 Å². The smallest absolute Gasteiger partial charge is 0.162 e. The molecular weight excluding hydrogens is 408 g/mol. The number of thiophene rings is 1. The van der Waals surface area contributed by atoms with E-state index in [1.807, 2.05) is 23.6 Å². The maximum atomic E-state index is 5.65. The fourth-order valence-corrected chi connectivity index (χ4v) is 4.72. The number of methoxy groups -OCH3 is 1. The minimum atomic E-state index is 0.0441. The van der Waals surface area contributed by atoms with E-state index in [0.717, 1.165) is 32.2 Å². The predicted octanol–water partition coefficient (Wildman–Crippen LogP) is 4.77. The van der Waals surface area contributed by atoms with Gasteiger partial charge in [-0.2, -0.15) is 0 Å². The van der Waals surface area contributed by atoms with Gasteiger partial charge in [0.25, 0.3) is 0 Å². The highest BCUT2D eigenvalue weighted by atomic mass is 79.9. The first kappa shape index (κ1) is 14.2. The molecule has 0 saturated heterocycles. The van der Waals surface area contributed by atoms with E-state index in [0.29, 0.717) is 13.2 Å². The van der Waals surface area contributed by atoms with Crippen molar-refractivity contribution in [1.29, 1.82) is 0 Å². The number of alkyl halides is 1. The molecule has 0 fully saturated rings. The minimum Gasteiger partial charge on any atom is -0.496 e. The Morgan fingerprint density at radius 2 is 1.95 bits per heavy atom. The van der Waals surface area contributed by atoms with Crippen molar-refractivity contribution < 1.29 is 14.2 Å². The molecule has 2 heterocycles. The van der Waals surface area contributed by atoms with E-state index in [9.17, 15) is 0 Å². The van der Waals surface area contributed by atoms with Gasteiger partial charge < -0.3 is 14.2 Å². The zero-order valence-electron chi connectivity index (χ0n) is 10.7. The zero-order chi connectivity index (χ0) is 14.1. The van der Waals surface area contributed by atoms with Crippen molar-refractivity contribution in [3.8, 4) is 17.2 Å². The van der Waals surface area contributed by atoms with Crippen LogP contribution in [0.3, 0.4) is 0 Å². The summed E-state index contributed by atoms with van der Waals surface area (Å²) in [5.74, 6) is 2.46. The van der Waals surface area contributed by atoms with Gasteiger partial charge in [-0.15, -0.1) is 11.3 Å². The van der Waals surface area contributed by atoms with Crippen LogP contribution >= 0.6 is 43.2 Å². The highest BCUT2D eigenvalue weighted by Gasteiger charge is 2.23. The zero-order valence-corrected chi connectivity index (χ0v) is 14.7. The normalized spacial score (nSPS) is 14.9. The average Bonchev–Trinajstić information content (AvgIpc) is 2.94. The van der Waals surface area contributed by atoms with Crippen molar-refractivity contribution >= 4 is 43.2 Å². The fourth-order valence-electron chi connectivity index (χ4n) is 2.08. The highest BCUT2D eigenvalue weighted by molar-refractivity contribution is 9.11. The summed E-state index contributed by atoms with van der Waals surface area (Å²) >= 11 is 9.01. The number of rotatable bonds is 3. The molecular formula is C14H12Br2O3S. The number of hydrogen-bond acceptors (Lipinski definition) is 4. The van der Waals surface area contributed by atoms with Gasteiger partial charge in [-0.05, 0) is 29.1 Å². The predicted molar refractivity (Wildman–Crippen MR) is 86.8 cm³/mol. The summed E-state index contributed by atoms with van der Waals surface area (Å²) < 4.78 is 17.6. The second kappa shape index (κ2) is 5.95. The van der Waals surface area contributed by atoms with Crippen LogP contribution in [-0.4, -0.2) is 20.3 Å². The van der Waals surface area contributed by atoms with Crippen LogP contribution in [0, 0.1) is 0 Å². The quantitative estimate of drug-likeness (QED) is 0.670. The first-order valence-corrected chi connectivity index (χ1v) is 8.64. The summed E-state index contributed by atoms with van der Waals surface area (Å²) in [6.07, 6.45) is 0. The number of fused-ring (bicyclic) bond motifs is 1. The van der Waals surface area contributed by atoms with Crippen molar-refractivity contribution in [3.63, 3.8) is 0 Å². The average molecular weight is 420 g/mol. The number of ether oxygens (including phenoxy) is 3. The number of halogens is 2. The first-order valence-electron chi connectivity index (χ1n) is 6.05. The largest absolute Gasteiger partial charge is 0.496 e. The van der Waals surface area contributed by atoms with E-state index < -0.39 is 0 Å². The molecule has 1 atom stereocenters.